The number of pyridine rings is 1. The lowest BCUT2D eigenvalue weighted by molar-refractivity contribution is -0.139. The molecular weight excluding hydrogens is 531 g/mol. The van der Waals surface area contributed by atoms with Crippen molar-refractivity contribution in [1.29, 1.82) is 0 Å². The lowest BCUT2D eigenvalue weighted by atomic mass is 9.77. The Balaban J connectivity index is 0.00000210. The van der Waals surface area contributed by atoms with Crippen molar-refractivity contribution in [3.63, 3.8) is 0 Å². The van der Waals surface area contributed by atoms with Gasteiger partial charge in [-0.15, -0.1) is 24.8 Å². The van der Waals surface area contributed by atoms with Gasteiger partial charge in [-0.25, -0.2) is 0 Å². The van der Waals surface area contributed by atoms with Crippen LogP contribution in [0.2, 0.25) is 0 Å². The highest BCUT2D eigenvalue weighted by Gasteiger charge is 2.47. The van der Waals surface area contributed by atoms with Crippen LogP contribution in [0.5, 0.6) is 0 Å². The van der Waals surface area contributed by atoms with Crippen LogP contribution >= 0.6 is 24.8 Å². The van der Waals surface area contributed by atoms with Crippen molar-refractivity contribution in [3.8, 4) is 0 Å². The minimum Gasteiger partial charge on any atom is -0.349 e. The van der Waals surface area contributed by atoms with Gasteiger partial charge in [0.25, 0.3) is 0 Å². The molecule has 3 aliphatic rings. The normalized spacial score (nSPS) is 20.2. The lowest BCUT2D eigenvalue weighted by Gasteiger charge is -2.38. The smallest absolute Gasteiger partial charge is 0.229 e. The molecule has 5 rings (SSSR count). The molecule has 39 heavy (non-hydrogen) atoms. The molecule has 1 aliphatic carbocycles. The molecule has 3 fully saturated rings. The summed E-state index contributed by atoms with van der Waals surface area (Å²) in [6, 6.07) is 14.4. The van der Waals surface area contributed by atoms with E-state index in [4.69, 9.17) is 0 Å². The fourth-order valence-corrected chi connectivity index (χ4v) is 6.65. The SMILES string of the molecule is Cl.Cl.O=C(CC1CCCCC1)NC(CCN1CCC2(CC1)CCN(Cc1cccnc1)C2=O)c1ccccc1. The standard InChI is InChI=1S/C31H42N4O2.2ClH/c36-29(22-25-8-3-1-4-9-25)33-28(27-11-5-2-6-12-27)13-18-34-19-14-31(15-20-34)16-21-35(30(31)37)24-26-10-7-17-32-23-26;;/h2,5-7,10-12,17,23,25,28H,1,3-4,8-9,13-16,18-22,24H2,(H,33,36);2*1H. The van der Waals surface area contributed by atoms with Crippen LogP contribution in [0.25, 0.3) is 0 Å². The highest BCUT2D eigenvalue weighted by molar-refractivity contribution is 5.86. The molecule has 1 atom stereocenters. The Kier molecular flexibility index (Phi) is 12.1. The summed E-state index contributed by atoms with van der Waals surface area (Å²) < 4.78 is 0. The van der Waals surface area contributed by atoms with E-state index in [2.05, 4.69) is 39.5 Å². The van der Waals surface area contributed by atoms with Crippen molar-refractivity contribution in [2.24, 2.45) is 11.3 Å². The number of piperidine rings is 1. The number of hydrogen-bond donors (Lipinski definition) is 1. The third kappa shape index (κ3) is 8.18. The van der Waals surface area contributed by atoms with Gasteiger partial charge in [0.05, 0.1) is 11.5 Å². The Morgan fingerprint density at radius 3 is 2.38 bits per heavy atom. The third-order valence-corrected chi connectivity index (χ3v) is 8.98. The fraction of sp³-hybridized carbons (Fsp3) is 0.581. The quantitative estimate of drug-likeness (QED) is 0.401. The third-order valence-electron chi connectivity index (χ3n) is 8.98. The van der Waals surface area contributed by atoms with E-state index in [9.17, 15) is 9.59 Å². The van der Waals surface area contributed by atoms with E-state index in [1.807, 2.05) is 29.3 Å². The van der Waals surface area contributed by atoms with Gasteiger partial charge in [-0.1, -0.05) is 55.7 Å². The number of nitrogens with one attached hydrogen (secondary N) is 1. The van der Waals surface area contributed by atoms with E-state index in [0.717, 1.165) is 57.4 Å². The number of nitrogens with zero attached hydrogens (tertiary/aromatic N) is 3. The van der Waals surface area contributed by atoms with E-state index < -0.39 is 0 Å². The largest absolute Gasteiger partial charge is 0.349 e. The zero-order valence-electron chi connectivity index (χ0n) is 22.9. The highest BCUT2D eigenvalue weighted by atomic mass is 35.5. The van der Waals surface area contributed by atoms with Crippen molar-refractivity contribution in [2.75, 3.05) is 26.2 Å². The molecule has 0 radical (unpaired) electrons. The molecule has 2 aromatic rings. The summed E-state index contributed by atoms with van der Waals surface area (Å²) in [5.74, 6) is 1.07. The molecular formula is C31H44Cl2N4O2. The van der Waals surface area contributed by atoms with Crippen LogP contribution in [0.15, 0.2) is 54.9 Å². The van der Waals surface area contributed by atoms with Gasteiger partial charge < -0.3 is 15.1 Å². The first-order chi connectivity index (χ1) is 18.1. The summed E-state index contributed by atoms with van der Waals surface area (Å²) in [6.45, 7) is 4.34. The van der Waals surface area contributed by atoms with Crippen LogP contribution in [0, 0.1) is 11.3 Å². The zero-order valence-corrected chi connectivity index (χ0v) is 24.6. The molecule has 8 heteroatoms. The van der Waals surface area contributed by atoms with Crippen LogP contribution < -0.4 is 5.32 Å². The van der Waals surface area contributed by atoms with E-state index in [0.29, 0.717) is 24.8 Å². The molecule has 6 nitrogen and oxygen atoms in total. The number of rotatable bonds is 9. The number of benzene rings is 1. The zero-order chi connectivity index (χ0) is 25.5. The minimum atomic E-state index is -0.189. The molecule has 1 aromatic carbocycles. The van der Waals surface area contributed by atoms with Crippen molar-refractivity contribution in [1.82, 2.24) is 20.1 Å². The lowest BCUT2D eigenvalue weighted by Crippen LogP contribution is -2.45. The Hall–Kier alpha value is -2.15. The van der Waals surface area contributed by atoms with Crippen LogP contribution in [-0.4, -0.2) is 52.8 Å². The van der Waals surface area contributed by atoms with Crippen LogP contribution in [-0.2, 0) is 16.1 Å². The maximum atomic E-state index is 13.4. The summed E-state index contributed by atoms with van der Waals surface area (Å²) in [7, 11) is 0. The van der Waals surface area contributed by atoms with Crippen LogP contribution in [0.1, 0.15) is 81.4 Å². The van der Waals surface area contributed by atoms with Gasteiger partial charge in [-0.05, 0) is 74.7 Å². The summed E-state index contributed by atoms with van der Waals surface area (Å²) in [4.78, 5) is 35.0. The fourth-order valence-electron chi connectivity index (χ4n) is 6.65. The molecule has 2 saturated heterocycles. The summed E-state index contributed by atoms with van der Waals surface area (Å²) in [6.07, 6.45) is 14.2. The molecule has 2 amide bonds. The average Bonchev–Trinajstić information content (AvgIpc) is 3.23. The summed E-state index contributed by atoms with van der Waals surface area (Å²) in [5.41, 5.74) is 2.10. The predicted molar refractivity (Wildman–Crippen MR) is 160 cm³/mol. The Morgan fingerprint density at radius 2 is 1.69 bits per heavy atom. The van der Waals surface area contributed by atoms with Gasteiger partial charge >= 0.3 is 0 Å². The van der Waals surface area contributed by atoms with Gasteiger partial charge in [0, 0.05) is 38.4 Å². The molecule has 2 aliphatic heterocycles. The average molecular weight is 576 g/mol. The second-order valence-corrected chi connectivity index (χ2v) is 11.5. The number of halogens is 2. The van der Waals surface area contributed by atoms with E-state index in [1.165, 1.54) is 37.7 Å². The van der Waals surface area contributed by atoms with Crippen LogP contribution in [0.4, 0.5) is 0 Å². The van der Waals surface area contributed by atoms with Crippen LogP contribution in [0.3, 0.4) is 0 Å². The molecule has 3 heterocycles. The van der Waals surface area contributed by atoms with E-state index in [-0.39, 0.29) is 42.2 Å². The number of aromatic nitrogens is 1. The van der Waals surface area contributed by atoms with Gasteiger partial charge in [0.2, 0.25) is 11.8 Å². The maximum absolute atomic E-state index is 13.4. The maximum Gasteiger partial charge on any atom is 0.229 e. The number of amides is 2. The summed E-state index contributed by atoms with van der Waals surface area (Å²) >= 11 is 0. The molecule has 1 unspecified atom stereocenters. The first-order valence-electron chi connectivity index (χ1n) is 14.4. The van der Waals surface area contributed by atoms with Gasteiger partial charge in [-0.2, -0.15) is 0 Å². The predicted octanol–water partition coefficient (Wildman–Crippen LogP) is 5.96. The highest BCUT2D eigenvalue weighted by Crippen LogP contribution is 2.42. The molecule has 0 bridgehead atoms. The number of carbonyl (C=O) groups is 2. The van der Waals surface area contributed by atoms with Gasteiger partial charge in [0.1, 0.15) is 0 Å². The van der Waals surface area contributed by atoms with Crippen molar-refractivity contribution in [2.45, 2.75) is 76.8 Å². The summed E-state index contributed by atoms with van der Waals surface area (Å²) in [5, 5.41) is 3.37. The Morgan fingerprint density at radius 1 is 0.974 bits per heavy atom. The Bertz CT molecular complexity index is 1030. The number of hydrogen-bond acceptors (Lipinski definition) is 4. The first kappa shape index (κ1) is 31.4. The van der Waals surface area contributed by atoms with Crippen molar-refractivity contribution in [3.05, 3.63) is 66.0 Å². The topological polar surface area (TPSA) is 65.5 Å². The molecule has 1 aromatic heterocycles. The van der Waals surface area contributed by atoms with Gasteiger partial charge in [0.15, 0.2) is 0 Å². The molecule has 1 spiro atoms. The second-order valence-electron chi connectivity index (χ2n) is 11.5. The molecule has 1 N–H and O–H groups in total. The van der Waals surface area contributed by atoms with Crippen molar-refractivity contribution < 1.29 is 9.59 Å². The molecule has 214 valence electrons. The van der Waals surface area contributed by atoms with Crippen molar-refractivity contribution >= 4 is 36.6 Å². The Labute approximate surface area is 246 Å². The van der Waals surface area contributed by atoms with E-state index in [1.54, 1.807) is 6.20 Å². The number of carbonyl (C=O) groups excluding carboxylic acids is 2. The number of likely N-dealkylation sites (tertiary alicyclic amines) is 2. The first-order valence-corrected chi connectivity index (χ1v) is 14.4. The molecule has 1 saturated carbocycles. The second kappa shape index (κ2) is 15.0. The minimum absolute atomic E-state index is 0. The van der Waals surface area contributed by atoms with E-state index >= 15 is 0 Å². The van der Waals surface area contributed by atoms with Gasteiger partial charge in [-0.3, -0.25) is 14.6 Å². The monoisotopic (exact) mass is 574 g/mol.